The fourth-order valence-electron chi connectivity index (χ4n) is 3.22. The van der Waals surface area contributed by atoms with Crippen LogP contribution in [-0.2, 0) is 6.42 Å². The van der Waals surface area contributed by atoms with Gasteiger partial charge in [0, 0.05) is 12.0 Å². The first kappa shape index (κ1) is 17.8. The summed E-state index contributed by atoms with van der Waals surface area (Å²) in [6.45, 7) is 0. The minimum atomic E-state index is -0.223. The topological polar surface area (TPSA) is 67.0 Å². The molecule has 1 heterocycles. The number of nitrogens with zero attached hydrogens (tertiary/aromatic N) is 1. The van der Waals surface area contributed by atoms with E-state index >= 15 is 0 Å². The van der Waals surface area contributed by atoms with Gasteiger partial charge in [0.1, 0.15) is 11.6 Å². The van der Waals surface area contributed by atoms with Crippen LogP contribution in [0.5, 0.6) is 5.75 Å². The Balaban J connectivity index is 1.62. The number of carbonyl (C=O) groups excluding carboxylic acids is 1. The molecule has 0 spiro atoms. The highest BCUT2D eigenvalue weighted by Crippen LogP contribution is 2.22. The summed E-state index contributed by atoms with van der Waals surface area (Å²) in [5, 5.41) is 3.14. The predicted octanol–water partition coefficient (Wildman–Crippen LogP) is 4.29. The molecule has 0 saturated carbocycles. The van der Waals surface area contributed by atoms with Gasteiger partial charge >= 0.3 is 0 Å². The highest BCUT2D eigenvalue weighted by Gasteiger charge is 2.18. The van der Waals surface area contributed by atoms with Crippen molar-refractivity contribution >= 4 is 16.9 Å². The van der Waals surface area contributed by atoms with E-state index in [1.807, 2.05) is 78.9 Å². The number of hydrogen-bond donors (Lipinski definition) is 2. The highest BCUT2D eigenvalue weighted by molar-refractivity contribution is 5.94. The number of methoxy groups -OCH3 is 1. The number of ether oxygens (including phenoxy) is 1. The molecule has 0 radical (unpaired) electrons. The van der Waals surface area contributed by atoms with Crippen molar-refractivity contribution in [3.8, 4) is 5.75 Å². The van der Waals surface area contributed by atoms with Crippen LogP contribution in [0.3, 0.4) is 0 Å². The van der Waals surface area contributed by atoms with Gasteiger partial charge in [-0.1, -0.05) is 42.5 Å². The van der Waals surface area contributed by atoms with Crippen LogP contribution in [0.2, 0.25) is 0 Å². The van der Waals surface area contributed by atoms with E-state index in [1.54, 1.807) is 7.11 Å². The second-order valence-electron chi connectivity index (χ2n) is 6.57. The molecule has 0 fully saturated rings. The maximum absolute atomic E-state index is 12.7. The smallest absolute Gasteiger partial charge is 0.251 e. The van der Waals surface area contributed by atoms with Crippen molar-refractivity contribution in [2.45, 2.75) is 12.5 Å². The molecule has 5 nitrogen and oxygen atoms in total. The Morgan fingerprint density at radius 3 is 2.43 bits per heavy atom. The van der Waals surface area contributed by atoms with Gasteiger partial charge in [0.05, 0.1) is 24.2 Å². The summed E-state index contributed by atoms with van der Waals surface area (Å²) in [5.74, 6) is 1.49. The Morgan fingerprint density at radius 1 is 1.00 bits per heavy atom. The average Bonchev–Trinajstić information content (AvgIpc) is 3.16. The first-order valence-electron chi connectivity index (χ1n) is 9.16. The van der Waals surface area contributed by atoms with Crippen molar-refractivity contribution in [2.75, 3.05) is 7.11 Å². The molecule has 0 aliphatic carbocycles. The average molecular weight is 371 g/mol. The predicted molar refractivity (Wildman–Crippen MR) is 109 cm³/mol. The van der Waals surface area contributed by atoms with E-state index in [2.05, 4.69) is 15.3 Å². The summed E-state index contributed by atoms with van der Waals surface area (Å²) >= 11 is 0. The van der Waals surface area contributed by atoms with Crippen LogP contribution in [0.4, 0.5) is 0 Å². The summed E-state index contributed by atoms with van der Waals surface area (Å²) < 4.78 is 5.25. The molecule has 4 aromatic rings. The van der Waals surface area contributed by atoms with Crippen LogP contribution in [0, 0.1) is 0 Å². The summed E-state index contributed by atoms with van der Waals surface area (Å²) in [4.78, 5) is 20.8. The zero-order valence-electron chi connectivity index (χ0n) is 15.6. The van der Waals surface area contributed by atoms with Crippen molar-refractivity contribution in [3.63, 3.8) is 0 Å². The van der Waals surface area contributed by atoms with Gasteiger partial charge in [0.25, 0.3) is 5.91 Å². The zero-order valence-corrected chi connectivity index (χ0v) is 15.6. The minimum Gasteiger partial charge on any atom is -0.497 e. The second-order valence-corrected chi connectivity index (χ2v) is 6.57. The SMILES string of the molecule is COc1ccc([C@H](Cc2nc3ccccc3[nH]2)NC(=O)c2ccccc2)cc1. The van der Waals surface area contributed by atoms with Gasteiger partial charge in [0.2, 0.25) is 0 Å². The van der Waals surface area contributed by atoms with Gasteiger partial charge in [-0.3, -0.25) is 4.79 Å². The number of H-pyrrole nitrogens is 1. The quantitative estimate of drug-likeness (QED) is 0.531. The van der Waals surface area contributed by atoms with Gasteiger partial charge in [0.15, 0.2) is 0 Å². The molecule has 0 bridgehead atoms. The minimum absolute atomic E-state index is 0.113. The molecule has 5 heteroatoms. The van der Waals surface area contributed by atoms with Crippen molar-refractivity contribution in [2.24, 2.45) is 0 Å². The molecule has 0 unspecified atom stereocenters. The number of hydrogen-bond acceptors (Lipinski definition) is 3. The first-order valence-corrected chi connectivity index (χ1v) is 9.16. The molecule has 1 atom stereocenters. The lowest BCUT2D eigenvalue weighted by atomic mass is 10.0. The number of aromatic amines is 1. The Bertz CT molecular complexity index is 1040. The number of benzene rings is 3. The molecule has 3 aromatic carbocycles. The molecule has 0 saturated heterocycles. The monoisotopic (exact) mass is 371 g/mol. The van der Waals surface area contributed by atoms with E-state index < -0.39 is 0 Å². The number of fused-ring (bicyclic) bond motifs is 1. The lowest BCUT2D eigenvalue weighted by molar-refractivity contribution is 0.0936. The lowest BCUT2D eigenvalue weighted by Crippen LogP contribution is -2.30. The number of aromatic nitrogens is 2. The number of nitrogens with one attached hydrogen (secondary N) is 2. The van der Waals surface area contributed by atoms with Crippen molar-refractivity contribution in [3.05, 3.63) is 95.8 Å². The van der Waals surface area contributed by atoms with Crippen LogP contribution < -0.4 is 10.1 Å². The summed E-state index contributed by atoms with van der Waals surface area (Å²) in [7, 11) is 1.64. The number of para-hydroxylation sites is 2. The third-order valence-corrected chi connectivity index (χ3v) is 4.70. The van der Waals surface area contributed by atoms with Crippen molar-refractivity contribution in [1.82, 2.24) is 15.3 Å². The standard InChI is InChI=1S/C23H21N3O2/c1-28-18-13-11-16(12-14-18)21(26-23(27)17-7-3-2-4-8-17)15-22-24-19-9-5-6-10-20(19)25-22/h2-14,21H,15H2,1H3,(H,24,25)(H,26,27)/t21-/m0/s1. The highest BCUT2D eigenvalue weighted by atomic mass is 16.5. The van der Waals surface area contributed by atoms with Crippen molar-refractivity contribution < 1.29 is 9.53 Å². The van der Waals surface area contributed by atoms with E-state index in [0.29, 0.717) is 12.0 Å². The number of rotatable bonds is 6. The normalized spacial score (nSPS) is 11.9. The summed E-state index contributed by atoms with van der Waals surface area (Å²) in [5.41, 5.74) is 3.52. The molecule has 0 aliphatic rings. The first-order chi connectivity index (χ1) is 13.7. The maximum Gasteiger partial charge on any atom is 0.251 e. The van der Waals surface area contributed by atoms with Gasteiger partial charge < -0.3 is 15.0 Å². The van der Waals surface area contributed by atoms with Crippen LogP contribution in [0.15, 0.2) is 78.9 Å². The molecule has 28 heavy (non-hydrogen) atoms. The Labute approximate surface area is 163 Å². The Morgan fingerprint density at radius 2 is 1.71 bits per heavy atom. The molecular formula is C23H21N3O2. The lowest BCUT2D eigenvalue weighted by Gasteiger charge is -2.19. The van der Waals surface area contributed by atoms with Crippen LogP contribution in [0.1, 0.15) is 27.8 Å². The van der Waals surface area contributed by atoms with E-state index in [0.717, 1.165) is 28.2 Å². The van der Waals surface area contributed by atoms with E-state index in [-0.39, 0.29) is 11.9 Å². The van der Waals surface area contributed by atoms with Crippen LogP contribution in [-0.4, -0.2) is 23.0 Å². The zero-order chi connectivity index (χ0) is 19.3. The van der Waals surface area contributed by atoms with Crippen LogP contribution >= 0.6 is 0 Å². The van der Waals surface area contributed by atoms with Gasteiger partial charge in [-0.25, -0.2) is 4.98 Å². The van der Waals surface area contributed by atoms with Crippen LogP contribution in [0.25, 0.3) is 11.0 Å². The summed E-state index contributed by atoms with van der Waals surface area (Å²) in [6, 6.07) is 24.6. The van der Waals surface area contributed by atoms with Gasteiger partial charge in [-0.2, -0.15) is 0 Å². The number of amides is 1. The molecule has 1 amide bonds. The molecule has 4 rings (SSSR count). The third kappa shape index (κ3) is 3.88. The Kier molecular flexibility index (Phi) is 5.06. The molecule has 2 N–H and O–H groups in total. The number of imidazole rings is 1. The number of carbonyl (C=O) groups is 1. The summed E-state index contributed by atoms with van der Waals surface area (Å²) in [6.07, 6.45) is 0.555. The van der Waals surface area contributed by atoms with Crippen molar-refractivity contribution in [1.29, 1.82) is 0 Å². The van der Waals surface area contributed by atoms with E-state index in [1.165, 1.54) is 0 Å². The van der Waals surface area contributed by atoms with E-state index in [9.17, 15) is 4.79 Å². The molecule has 140 valence electrons. The van der Waals surface area contributed by atoms with Gasteiger partial charge in [-0.15, -0.1) is 0 Å². The fraction of sp³-hybridized carbons (Fsp3) is 0.130. The molecule has 0 aliphatic heterocycles. The largest absolute Gasteiger partial charge is 0.497 e. The maximum atomic E-state index is 12.7. The van der Waals surface area contributed by atoms with Gasteiger partial charge in [-0.05, 0) is 42.0 Å². The van der Waals surface area contributed by atoms with E-state index in [4.69, 9.17) is 4.74 Å². The molecule has 1 aromatic heterocycles. The Hall–Kier alpha value is -3.60. The second kappa shape index (κ2) is 7.96. The third-order valence-electron chi connectivity index (χ3n) is 4.70. The molecular weight excluding hydrogens is 350 g/mol. The fourth-order valence-corrected chi connectivity index (χ4v) is 3.22.